The molecule has 5 unspecified atom stereocenters. The maximum Gasteiger partial charge on any atom is 0.165 e. The number of carbonyl (C=O) groups is 1. The monoisotopic (exact) mass is 616 g/mol. The van der Waals surface area contributed by atoms with Gasteiger partial charge in [-0.3, -0.25) is 4.79 Å². The van der Waals surface area contributed by atoms with Gasteiger partial charge in [0.05, 0.1) is 17.8 Å². The third kappa shape index (κ3) is 7.70. The molecule has 0 aromatic rings. The predicted molar refractivity (Wildman–Crippen MR) is 186 cm³/mol. The minimum atomic E-state index is -0.866. The number of hydrogen-bond donors (Lipinski definition) is 3. The fourth-order valence-corrected chi connectivity index (χ4v) is 7.12. The number of allylic oxidation sites excluding steroid dienone is 16. The van der Waals surface area contributed by atoms with E-state index in [9.17, 15) is 20.1 Å². The zero-order chi connectivity index (χ0) is 33.8. The van der Waals surface area contributed by atoms with E-state index in [1.165, 1.54) is 6.08 Å². The first-order valence-electron chi connectivity index (χ1n) is 16.2. The second-order valence-corrected chi connectivity index (χ2v) is 15.1. The average Bonchev–Trinajstić information content (AvgIpc) is 3.44. The Kier molecular flexibility index (Phi) is 11.2. The largest absolute Gasteiger partial charge is 0.508 e. The summed E-state index contributed by atoms with van der Waals surface area (Å²) in [6.07, 6.45) is 27.6. The Bertz CT molecular complexity index is 1380. The van der Waals surface area contributed by atoms with E-state index >= 15 is 0 Å². The third-order valence-corrected chi connectivity index (χ3v) is 10.7. The highest BCUT2D eigenvalue weighted by molar-refractivity contribution is 5.96. The molecular formula is C40H56O5. The highest BCUT2D eigenvalue weighted by Gasteiger charge is 2.67. The molecule has 0 aromatic carbocycles. The predicted octanol–water partition coefficient (Wildman–Crippen LogP) is 8.90. The molecular weight excluding hydrogens is 560 g/mol. The summed E-state index contributed by atoms with van der Waals surface area (Å²) in [5.74, 6) is -0.202. The molecule has 3 aliphatic rings. The Morgan fingerprint density at radius 3 is 1.82 bits per heavy atom. The van der Waals surface area contributed by atoms with Crippen molar-refractivity contribution in [2.24, 2.45) is 16.2 Å². The van der Waals surface area contributed by atoms with Crippen molar-refractivity contribution in [1.82, 2.24) is 0 Å². The Morgan fingerprint density at radius 1 is 0.778 bits per heavy atom. The highest BCUT2D eigenvalue weighted by Crippen LogP contribution is 2.60. The molecule has 246 valence electrons. The van der Waals surface area contributed by atoms with E-state index in [4.69, 9.17) is 4.74 Å². The van der Waals surface area contributed by atoms with Crippen molar-refractivity contribution in [3.63, 3.8) is 0 Å². The van der Waals surface area contributed by atoms with E-state index in [0.717, 1.165) is 23.1 Å². The van der Waals surface area contributed by atoms with Gasteiger partial charge in [-0.15, -0.1) is 0 Å². The smallest absolute Gasteiger partial charge is 0.165 e. The molecule has 3 rings (SSSR count). The van der Waals surface area contributed by atoms with Gasteiger partial charge in [-0.05, 0) is 65.5 Å². The van der Waals surface area contributed by atoms with Crippen LogP contribution in [0.25, 0.3) is 0 Å². The van der Waals surface area contributed by atoms with Crippen molar-refractivity contribution < 1.29 is 24.9 Å². The summed E-state index contributed by atoms with van der Waals surface area (Å²) < 4.78 is 6.30. The normalized spacial score (nSPS) is 34.4. The average molecular weight is 617 g/mol. The van der Waals surface area contributed by atoms with Crippen LogP contribution in [0.15, 0.2) is 107 Å². The van der Waals surface area contributed by atoms with E-state index in [0.29, 0.717) is 24.8 Å². The van der Waals surface area contributed by atoms with Crippen LogP contribution in [-0.4, -0.2) is 44.5 Å². The van der Waals surface area contributed by atoms with Crippen LogP contribution in [0.2, 0.25) is 0 Å². The van der Waals surface area contributed by atoms with E-state index < -0.39 is 28.1 Å². The summed E-state index contributed by atoms with van der Waals surface area (Å²) in [5, 5.41) is 31.9. The van der Waals surface area contributed by atoms with Crippen molar-refractivity contribution >= 4 is 5.78 Å². The summed E-state index contributed by atoms with van der Waals surface area (Å²) in [6, 6.07) is 0. The van der Waals surface area contributed by atoms with Crippen LogP contribution >= 0.6 is 0 Å². The van der Waals surface area contributed by atoms with Gasteiger partial charge in [0.1, 0.15) is 11.4 Å². The van der Waals surface area contributed by atoms with Gasteiger partial charge in [0.15, 0.2) is 5.78 Å². The van der Waals surface area contributed by atoms with Crippen LogP contribution in [0.1, 0.15) is 94.9 Å². The Hall–Kier alpha value is -2.99. The maximum absolute atomic E-state index is 13.0. The van der Waals surface area contributed by atoms with Crippen LogP contribution in [0, 0.1) is 16.2 Å². The standard InChI is InChI=1S/C40H56O5/c1-28(17-13-18-30(3)21-24-40-36(5,6)26-32(45-40)27-39(40,10)44)15-11-12-16-29(2)19-14-20-31(4)33(41)25-35(43)38(9)23-22-34(42)37(38,7)8/h11-21,24-25,32,34,41-42,44H,22-23,26-27H2,1-10H3. The molecule has 1 aliphatic carbocycles. The summed E-state index contributed by atoms with van der Waals surface area (Å²) in [5.41, 5.74) is 0.954. The number of aliphatic hydroxyl groups is 3. The summed E-state index contributed by atoms with van der Waals surface area (Å²) in [4.78, 5) is 13.0. The Labute approximate surface area is 271 Å². The second kappa shape index (κ2) is 13.8. The topological polar surface area (TPSA) is 87.0 Å². The van der Waals surface area contributed by atoms with Gasteiger partial charge in [-0.1, -0.05) is 118 Å². The van der Waals surface area contributed by atoms with Gasteiger partial charge >= 0.3 is 0 Å². The third-order valence-electron chi connectivity index (χ3n) is 10.7. The van der Waals surface area contributed by atoms with Crippen molar-refractivity contribution in [2.75, 3.05) is 0 Å². The first-order valence-corrected chi connectivity index (χ1v) is 16.2. The lowest BCUT2D eigenvalue weighted by Crippen LogP contribution is -2.56. The second-order valence-electron chi connectivity index (χ2n) is 15.1. The first-order chi connectivity index (χ1) is 20.8. The van der Waals surface area contributed by atoms with E-state index in [1.54, 1.807) is 13.0 Å². The van der Waals surface area contributed by atoms with E-state index in [2.05, 4.69) is 52.0 Å². The summed E-state index contributed by atoms with van der Waals surface area (Å²) in [6.45, 7) is 19.8. The molecule has 0 radical (unpaired) electrons. The van der Waals surface area contributed by atoms with E-state index in [1.807, 2.05) is 77.2 Å². The number of aliphatic hydroxyl groups excluding tert-OH is 2. The van der Waals surface area contributed by atoms with Gasteiger partial charge < -0.3 is 20.1 Å². The fraction of sp³-hybridized carbons (Fsp3) is 0.525. The molecule has 1 saturated carbocycles. The molecule has 0 spiro atoms. The van der Waals surface area contributed by atoms with Crippen molar-refractivity contribution in [2.45, 2.75) is 118 Å². The number of fused-ring (bicyclic) bond motifs is 2. The van der Waals surface area contributed by atoms with Crippen molar-refractivity contribution in [3.8, 4) is 0 Å². The van der Waals surface area contributed by atoms with Crippen molar-refractivity contribution in [1.29, 1.82) is 0 Å². The number of rotatable bonds is 11. The molecule has 2 aliphatic heterocycles. The highest BCUT2D eigenvalue weighted by atomic mass is 16.5. The van der Waals surface area contributed by atoms with Crippen LogP contribution in [0.5, 0.6) is 0 Å². The lowest BCUT2D eigenvalue weighted by Gasteiger charge is -2.46. The summed E-state index contributed by atoms with van der Waals surface area (Å²) >= 11 is 0. The van der Waals surface area contributed by atoms with Gasteiger partial charge in [0.2, 0.25) is 0 Å². The zero-order valence-electron chi connectivity index (χ0n) is 29.1. The molecule has 45 heavy (non-hydrogen) atoms. The maximum atomic E-state index is 13.0. The molecule has 2 bridgehead atoms. The van der Waals surface area contributed by atoms with Gasteiger partial charge in [0, 0.05) is 28.7 Å². The minimum Gasteiger partial charge on any atom is -0.508 e. The van der Waals surface area contributed by atoms with Gasteiger partial charge in [-0.25, -0.2) is 0 Å². The van der Waals surface area contributed by atoms with Crippen LogP contribution in [-0.2, 0) is 9.53 Å². The van der Waals surface area contributed by atoms with Crippen LogP contribution in [0.3, 0.4) is 0 Å². The molecule has 0 amide bonds. The fourth-order valence-electron chi connectivity index (χ4n) is 7.12. The van der Waals surface area contributed by atoms with E-state index in [-0.39, 0.29) is 23.1 Å². The molecule has 0 aromatic heterocycles. The quantitative estimate of drug-likeness (QED) is 0.123. The lowest BCUT2D eigenvalue weighted by atomic mass is 9.61. The molecule has 2 heterocycles. The Balaban J connectivity index is 1.53. The molecule has 2 saturated heterocycles. The van der Waals surface area contributed by atoms with Crippen LogP contribution in [0.4, 0.5) is 0 Å². The zero-order valence-corrected chi connectivity index (χ0v) is 29.1. The lowest BCUT2D eigenvalue weighted by molar-refractivity contribution is -0.130. The SMILES string of the molecule is CC(C=CC=C(C)C=CC12OC(CC1(C)C)CC2(C)O)=CC=CC=C(C)C=CC=C(C)C(O)=CC(=O)C1(C)CCC(O)C1(C)C. The molecule has 5 atom stereocenters. The number of ether oxygens (including phenoxy) is 1. The molecule has 3 N–H and O–H groups in total. The Morgan fingerprint density at radius 2 is 1.31 bits per heavy atom. The molecule has 5 nitrogen and oxygen atoms in total. The molecule has 3 fully saturated rings. The number of ketones is 1. The number of carbonyl (C=O) groups excluding carboxylic acids is 1. The van der Waals surface area contributed by atoms with Crippen LogP contribution < -0.4 is 0 Å². The molecule has 5 heteroatoms. The van der Waals surface area contributed by atoms with Crippen molar-refractivity contribution in [3.05, 3.63) is 107 Å². The van der Waals surface area contributed by atoms with Gasteiger partial charge in [-0.2, -0.15) is 0 Å². The minimum absolute atomic E-state index is 0.0501. The van der Waals surface area contributed by atoms with Gasteiger partial charge in [0.25, 0.3) is 0 Å². The number of hydrogen-bond acceptors (Lipinski definition) is 5. The summed E-state index contributed by atoms with van der Waals surface area (Å²) in [7, 11) is 0. The first kappa shape index (κ1) is 36.5.